The van der Waals surface area contributed by atoms with Gasteiger partial charge in [0.15, 0.2) is 0 Å². The minimum atomic E-state index is -2.60. The van der Waals surface area contributed by atoms with Crippen molar-refractivity contribution in [3.05, 3.63) is 0 Å². The van der Waals surface area contributed by atoms with Gasteiger partial charge in [-0.2, -0.15) is 0 Å². The molecule has 2 atom stereocenters. The minimum Gasteiger partial charge on any atom is -0.381 e. The van der Waals surface area contributed by atoms with E-state index in [1.807, 2.05) is 13.8 Å². The zero-order valence-corrected chi connectivity index (χ0v) is 9.44. The van der Waals surface area contributed by atoms with Crippen LogP contribution in [0.2, 0.25) is 0 Å². The van der Waals surface area contributed by atoms with Gasteiger partial charge < -0.3 is 4.74 Å². The molecule has 0 amide bonds. The van der Waals surface area contributed by atoms with E-state index in [2.05, 4.69) is 0 Å². The van der Waals surface area contributed by atoms with Gasteiger partial charge in [-0.05, 0) is 32.1 Å². The van der Waals surface area contributed by atoms with E-state index >= 15 is 0 Å². The molecular weight excluding hydrogens is 186 g/mol. The van der Waals surface area contributed by atoms with E-state index in [0.29, 0.717) is 12.8 Å². The lowest BCUT2D eigenvalue weighted by Crippen LogP contribution is -2.41. The van der Waals surface area contributed by atoms with Crippen LogP contribution in [0.3, 0.4) is 0 Å². The van der Waals surface area contributed by atoms with Gasteiger partial charge in [0.1, 0.15) is 0 Å². The monoisotopic (exact) mass is 206 g/mol. The molecule has 1 aliphatic carbocycles. The van der Waals surface area contributed by atoms with Crippen LogP contribution in [0, 0.1) is 11.3 Å². The molecule has 14 heavy (non-hydrogen) atoms. The highest BCUT2D eigenvalue weighted by Gasteiger charge is 2.55. The Labute approximate surface area is 84.8 Å². The van der Waals surface area contributed by atoms with Crippen LogP contribution in [-0.4, -0.2) is 19.1 Å². The second kappa shape index (κ2) is 3.76. The van der Waals surface area contributed by atoms with Crippen LogP contribution in [0.5, 0.6) is 0 Å². The molecule has 0 aromatic heterocycles. The Hall–Kier alpha value is -0.180. The molecule has 1 aliphatic rings. The molecule has 2 unspecified atom stereocenters. The second-order valence-corrected chi connectivity index (χ2v) is 4.80. The topological polar surface area (TPSA) is 9.23 Å². The quantitative estimate of drug-likeness (QED) is 0.687. The smallest absolute Gasteiger partial charge is 0.251 e. The Kier molecular flexibility index (Phi) is 3.20. The van der Waals surface area contributed by atoms with Crippen molar-refractivity contribution in [2.24, 2.45) is 11.3 Å². The zero-order valence-electron chi connectivity index (χ0n) is 9.44. The first-order valence-electron chi connectivity index (χ1n) is 5.24. The van der Waals surface area contributed by atoms with Gasteiger partial charge in [-0.1, -0.05) is 13.8 Å². The lowest BCUT2D eigenvalue weighted by Gasteiger charge is -2.39. The molecule has 0 saturated heterocycles. The highest BCUT2D eigenvalue weighted by atomic mass is 19.3. The first-order chi connectivity index (χ1) is 6.33. The molecule has 0 N–H and O–H groups in total. The first-order valence-corrected chi connectivity index (χ1v) is 5.24. The molecule has 0 aromatic rings. The van der Waals surface area contributed by atoms with Crippen molar-refractivity contribution in [2.45, 2.75) is 52.1 Å². The molecule has 0 radical (unpaired) electrons. The van der Waals surface area contributed by atoms with E-state index in [-0.39, 0.29) is 12.0 Å². The van der Waals surface area contributed by atoms with Crippen molar-refractivity contribution in [3.63, 3.8) is 0 Å². The predicted octanol–water partition coefficient (Wildman–Crippen LogP) is 3.48. The van der Waals surface area contributed by atoms with Gasteiger partial charge in [-0.3, -0.25) is 0 Å². The number of hydrogen-bond acceptors (Lipinski definition) is 1. The van der Waals surface area contributed by atoms with Gasteiger partial charge in [0.2, 0.25) is 0 Å². The van der Waals surface area contributed by atoms with Crippen LogP contribution < -0.4 is 0 Å². The van der Waals surface area contributed by atoms with Gasteiger partial charge in [0.05, 0.1) is 6.10 Å². The zero-order chi connectivity index (χ0) is 11.0. The maximum Gasteiger partial charge on any atom is 0.251 e. The summed E-state index contributed by atoms with van der Waals surface area (Å²) < 4.78 is 32.4. The number of halogens is 2. The van der Waals surface area contributed by atoms with Gasteiger partial charge in [-0.25, -0.2) is 8.78 Å². The molecule has 0 aromatic carbocycles. The summed E-state index contributed by atoms with van der Waals surface area (Å²) in [4.78, 5) is 0. The van der Waals surface area contributed by atoms with E-state index < -0.39 is 11.3 Å². The average Bonchev–Trinajstić information content (AvgIpc) is 2.47. The molecule has 1 fully saturated rings. The molecule has 0 heterocycles. The minimum absolute atomic E-state index is 0.00245. The lowest BCUT2D eigenvalue weighted by atomic mass is 9.71. The van der Waals surface area contributed by atoms with Crippen molar-refractivity contribution in [1.82, 2.24) is 0 Å². The van der Waals surface area contributed by atoms with E-state index in [9.17, 15) is 8.78 Å². The Morgan fingerprint density at radius 3 is 2.21 bits per heavy atom. The SMILES string of the molecule is COC1CCC(C(C)C)(C(C)(F)F)C1. The van der Waals surface area contributed by atoms with Crippen LogP contribution in [0.15, 0.2) is 0 Å². The van der Waals surface area contributed by atoms with Crippen LogP contribution in [-0.2, 0) is 4.74 Å². The molecule has 1 saturated carbocycles. The first kappa shape index (κ1) is 11.9. The fourth-order valence-electron chi connectivity index (χ4n) is 2.66. The standard InChI is InChI=1S/C11H20F2O/c1-8(2)11(10(3,12)13)6-5-9(7-11)14-4/h8-9H,5-7H2,1-4H3. The number of ether oxygens (including phenoxy) is 1. The second-order valence-electron chi connectivity index (χ2n) is 4.80. The van der Waals surface area contributed by atoms with E-state index in [1.165, 1.54) is 0 Å². The fourth-order valence-corrected chi connectivity index (χ4v) is 2.66. The summed E-state index contributed by atoms with van der Waals surface area (Å²) in [6, 6.07) is 0. The van der Waals surface area contributed by atoms with Crippen molar-refractivity contribution in [1.29, 1.82) is 0 Å². The van der Waals surface area contributed by atoms with Gasteiger partial charge in [-0.15, -0.1) is 0 Å². The highest BCUT2D eigenvalue weighted by Crippen LogP contribution is 2.54. The Bertz CT molecular complexity index is 198. The molecule has 0 bridgehead atoms. The van der Waals surface area contributed by atoms with Crippen molar-refractivity contribution < 1.29 is 13.5 Å². The van der Waals surface area contributed by atoms with Crippen molar-refractivity contribution in [2.75, 3.05) is 7.11 Å². The summed E-state index contributed by atoms with van der Waals surface area (Å²) >= 11 is 0. The normalized spacial score (nSPS) is 34.1. The Morgan fingerprint density at radius 1 is 1.43 bits per heavy atom. The summed E-state index contributed by atoms with van der Waals surface area (Å²) in [6.07, 6.45) is 1.85. The molecule has 3 heteroatoms. The summed E-state index contributed by atoms with van der Waals surface area (Å²) in [5, 5.41) is 0. The third kappa shape index (κ3) is 1.79. The Morgan fingerprint density at radius 2 is 2.00 bits per heavy atom. The van der Waals surface area contributed by atoms with Crippen LogP contribution in [0.4, 0.5) is 8.78 Å². The van der Waals surface area contributed by atoms with Gasteiger partial charge in [0.25, 0.3) is 5.92 Å². The highest BCUT2D eigenvalue weighted by molar-refractivity contribution is 4.99. The summed E-state index contributed by atoms with van der Waals surface area (Å²) in [6.45, 7) is 4.82. The van der Waals surface area contributed by atoms with Crippen LogP contribution in [0.25, 0.3) is 0 Å². The van der Waals surface area contributed by atoms with E-state index in [0.717, 1.165) is 13.3 Å². The molecule has 1 nitrogen and oxygen atoms in total. The maximum atomic E-state index is 13.6. The van der Waals surface area contributed by atoms with Crippen molar-refractivity contribution >= 4 is 0 Å². The van der Waals surface area contributed by atoms with Crippen LogP contribution in [0.1, 0.15) is 40.0 Å². The summed E-state index contributed by atoms with van der Waals surface area (Å²) in [5.74, 6) is -2.60. The fraction of sp³-hybridized carbons (Fsp3) is 1.00. The average molecular weight is 206 g/mol. The molecule has 84 valence electrons. The molecular formula is C11H20F2O. The third-order valence-corrected chi connectivity index (χ3v) is 3.82. The number of rotatable bonds is 3. The lowest BCUT2D eigenvalue weighted by molar-refractivity contribution is -0.133. The predicted molar refractivity (Wildman–Crippen MR) is 52.5 cm³/mol. The molecule has 0 spiro atoms. The number of hydrogen-bond donors (Lipinski definition) is 0. The van der Waals surface area contributed by atoms with Crippen molar-refractivity contribution in [3.8, 4) is 0 Å². The summed E-state index contributed by atoms with van der Waals surface area (Å²) in [7, 11) is 1.61. The third-order valence-electron chi connectivity index (χ3n) is 3.82. The van der Waals surface area contributed by atoms with E-state index in [4.69, 9.17) is 4.74 Å². The van der Waals surface area contributed by atoms with Crippen LogP contribution >= 0.6 is 0 Å². The maximum absolute atomic E-state index is 13.6. The molecule has 1 rings (SSSR count). The Balaban J connectivity index is 2.87. The van der Waals surface area contributed by atoms with Gasteiger partial charge in [0, 0.05) is 12.5 Å². The number of alkyl halides is 2. The summed E-state index contributed by atoms with van der Waals surface area (Å²) in [5.41, 5.74) is -0.853. The van der Waals surface area contributed by atoms with E-state index in [1.54, 1.807) is 7.11 Å². The molecule has 0 aliphatic heterocycles. The number of methoxy groups -OCH3 is 1. The van der Waals surface area contributed by atoms with Gasteiger partial charge >= 0.3 is 0 Å². The largest absolute Gasteiger partial charge is 0.381 e.